The van der Waals surface area contributed by atoms with Gasteiger partial charge in [0.15, 0.2) is 0 Å². The number of hydrogen-bond donors (Lipinski definition) is 4. The van der Waals surface area contributed by atoms with Crippen LogP contribution in [0.4, 0.5) is 10.1 Å². The van der Waals surface area contributed by atoms with E-state index in [1.165, 1.54) is 18.2 Å². The molecule has 1 aromatic heterocycles. The van der Waals surface area contributed by atoms with E-state index in [0.29, 0.717) is 29.9 Å². The Bertz CT molecular complexity index is 1220. The quantitative estimate of drug-likeness (QED) is 0.482. The molecule has 9 heteroatoms. The molecule has 186 valence electrons. The van der Waals surface area contributed by atoms with Crippen LogP contribution in [0.15, 0.2) is 24.5 Å². The lowest BCUT2D eigenvalue weighted by atomic mass is 9.68. The zero-order valence-corrected chi connectivity index (χ0v) is 20.4. The number of hydrogen-bond acceptors (Lipinski definition) is 5. The van der Waals surface area contributed by atoms with Gasteiger partial charge in [-0.3, -0.25) is 4.79 Å². The van der Waals surface area contributed by atoms with Gasteiger partial charge < -0.3 is 25.2 Å². The van der Waals surface area contributed by atoms with Gasteiger partial charge in [0.25, 0.3) is 5.91 Å². The Labute approximate surface area is 208 Å². The van der Waals surface area contributed by atoms with Crippen LogP contribution in [0.3, 0.4) is 0 Å². The molecule has 1 aromatic carbocycles. The maximum atomic E-state index is 13.5. The van der Waals surface area contributed by atoms with Crippen LogP contribution in [0.25, 0.3) is 0 Å². The predicted octanol–water partition coefficient (Wildman–Crippen LogP) is 3.38. The van der Waals surface area contributed by atoms with Crippen molar-refractivity contribution in [3.05, 3.63) is 46.8 Å². The van der Waals surface area contributed by atoms with Gasteiger partial charge in [0, 0.05) is 31.5 Å². The SMILES string of the molecule is Cn1cnc(C2CC3CC(O)(C#CC4(O)CC(C)(O)C4)CC3C2)c1C(=O)Nc1ccc(F)c(Cl)c1. The van der Waals surface area contributed by atoms with Crippen molar-refractivity contribution in [1.29, 1.82) is 0 Å². The number of amides is 1. The van der Waals surface area contributed by atoms with Crippen LogP contribution in [0, 0.1) is 29.5 Å². The van der Waals surface area contributed by atoms with Gasteiger partial charge in [0.1, 0.15) is 22.7 Å². The van der Waals surface area contributed by atoms with Gasteiger partial charge in [0.2, 0.25) is 0 Å². The molecule has 1 amide bonds. The Kier molecular flexibility index (Phi) is 5.76. The fourth-order valence-electron chi connectivity index (χ4n) is 6.31. The second kappa shape index (κ2) is 8.31. The minimum absolute atomic E-state index is 0.0676. The number of rotatable bonds is 3. The number of nitrogens with zero attached hydrogens (tertiary/aromatic N) is 2. The highest BCUT2D eigenvalue weighted by Crippen LogP contribution is 2.54. The monoisotopic (exact) mass is 501 g/mol. The molecule has 2 unspecified atom stereocenters. The molecule has 0 radical (unpaired) electrons. The van der Waals surface area contributed by atoms with Gasteiger partial charge in [-0.25, -0.2) is 9.37 Å². The van der Waals surface area contributed by atoms with Crippen molar-refractivity contribution in [2.45, 2.75) is 68.2 Å². The molecule has 1 heterocycles. The molecule has 5 rings (SSSR count). The maximum Gasteiger partial charge on any atom is 0.274 e. The van der Waals surface area contributed by atoms with E-state index in [1.54, 1.807) is 24.9 Å². The van der Waals surface area contributed by atoms with Crippen LogP contribution >= 0.6 is 11.6 Å². The minimum Gasteiger partial charge on any atom is -0.390 e. The zero-order valence-electron chi connectivity index (χ0n) is 19.7. The summed E-state index contributed by atoms with van der Waals surface area (Å²) in [5.41, 5.74) is -1.72. The molecule has 0 aliphatic heterocycles. The topological polar surface area (TPSA) is 108 Å². The van der Waals surface area contributed by atoms with Crippen LogP contribution in [-0.2, 0) is 7.05 Å². The Hall–Kier alpha value is -2.44. The highest BCUT2D eigenvalue weighted by molar-refractivity contribution is 6.31. The molecule has 0 spiro atoms. The Morgan fingerprint density at radius 3 is 2.40 bits per heavy atom. The number of benzene rings is 1. The molecule has 2 aromatic rings. The van der Waals surface area contributed by atoms with Crippen molar-refractivity contribution >= 4 is 23.2 Å². The molecule has 7 nitrogen and oxygen atoms in total. The minimum atomic E-state index is -1.23. The highest BCUT2D eigenvalue weighted by atomic mass is 35.5. The molecule has 2 atom stereocenters. The van der Waals surface area contributed by atoms with E-state index in [9.17, 15) is 24.5 Å². The van der Waals surface area contributed by atoms with Gasteiger partial charge in [-0.15, -0.1) is 0 Å². The van der Waals surface area contributed by atoms with Crippen molar-refractivity contribution in [2.75, 3.05) is 5.32 Å². The normalized spacial score (nSPS) is 35.7. The smallest absolute Gasteiger partial charge is 0.274 e. The fourth-order valence-corrected chi connectivity index (χ4v) is 6.49. The molecule has 35 heavy (non-hydrogen) atoms. The van der Waals surface area contributed by atoms with Crippen LogP contribution in [0.1, 0.15) is 67.5 Å². The second-order valence-electron chi connectivity index (χ2n) is 10.9. The number of anilines is 1. The standard InChI is InChI=1S/C26H29ClFN3O4/c1-24(33)12-26(35,13-24)6-5-25(34)10-16-7-15(8-17(16)11-25)21-22(31(2)14-29-21)23(32)30-18-3-4-20(28)19(27)9-18/h3-4,9,14-17,33-35H,7-8,10-13H2,1-2H3,(H,30,32). The van der Waals surface area contributed by atoms with Gasteiger partial charge in [0.05, 0.1) is 22.6 Å². The molecule has 3 fully saturated rings. The summed E-state index contributed by atoms with van der Waals surface area (Å²) in [7, 11) is 1.76. The van der Waals surface area contributed by atoms with E-state index in [4.69, 9.17) is 11.6 Å². The first-order valence-electron chi connectivity index (χ1n) is 11.8. The summed E-state index contributed by atoms with van der Waals surface area (Å²) in [6.07, 6.45) is 4.58. The lowest BCUT2D eigenvalue weighted by molar-refractivity contribution is -0.138. The number of carbonyl (C=O) groups is 1. The van der Waals surface area contributed by atoms with Gasteiger partial charge >= 0.3 is 0 Å². The molecule has 0 bridgehead atoms. The predicted molar refractivity (Wildman–Crippen MR) is 128 cm³/mol. The van der Waals surface area contributed by atoms with E-state index >= 15 is 0 Å². The molecule has 4 N–H and O–H groups in total. The van der Waals surface area contributed by atoms with Crippen molar-refractivity contribution in [2.24, 2.45) is 18.9 Å². The lowest BCUT2D eigenvalue weighted by Crippen LogP contribution is -2.54. The van der Waals surface area contributed by atoms with Crippen LogP contribution in [0.2, 0.25) is 5.02 Å². The summed E-state index contributed by atoms with van der Waals surface area (Å²) in [4.78, 5) is 17.6. The fraction of sp³-hybridized carbons (Fsp3) is 0.538. The Morgan fingerprint density at radius 2 is 1.80 bits per heavy atom. The van der Waals surface area contributed by atoms with Crippen molar-refractivity contribution < 1.29 is 24.5 Å². The largest absolute Gasteiger partial charge is 0.390 e. The summed E-state index contributed by atoms with van der Waals surface area (Å²) in [5, 5.41) is 34.1. The number of halogens is 2. The van der Waals surface area contributed by atoms with Crippen molar-refractivity contribution in [3.63, 3.8) is 0 Å². The molecule has 0 saturated heterocycles. The third-order valence-corrected chi connectivity index (χ3v) is 7.95. The Balaban J connectivity index is 1.26. The average Bonchev–Trinajstić information content (AvgIpc) is 3.39. The van der Waals surface area contributed by atoms with Crippen LogP contribution in [-0.4, -0.2) is 47.6 Å². The zero-order chi connectivity index (χ0) is 25.2. The lowest BCUT2D eigenvalue weighted by Gasteiger charge is -2.45. The highest BCUT2D eigenvalue weighted by Gasteiger charge is 2.51. The van der Waals surface area contributed by atoms with E-state index in [-0.39, 0.29) is 41.5 Å². The summed E-state index contributed by atoms with van der Waals surface area (Å²) in [6, 6.07) is 4.03. The third-order valence-electron chi connectivity index (χ3n) is 7.66. The van der Waals surface area contributed by atoms with Crippen LogP contribution < -0.4 is 5.32 Å². The van der Waals surface area contributed by atoms with E-state index in [0.717, 1.165) is 12.8 Å². The number of nitrogens with one attached hydrogen (secondary N) is 1. The summed E-state index contributed by atoms with van der Waals surface area (Å²) >= 11 is 5.84. The second-order valence-corrected chi connectivity index (χ2v) is 11.3. The molecule has 3 saturated carbocycles. The first kappa shape index (κ1) is 24.3. The average molecular weight is 502 g/mol. The van der Waals surface area contributed by atoms with Gasteiger partial charge in [-0.1, -0.05) is 23.4 Å². The molecule has 3 aliphatic rings. The number of imidazole rings is 1. The number of fused-ring (bicyclic) bond motifs is 1. The van der Waals surface area contributed by atoms with Crippen LogP contribution in [0.5, 0.6) is 0 Å². The third kappa shape index (κ3) is 4.70. The maximum absolute atomic E-state index is 13.5. The number of aromatic nitrogens is 2. The van der Waals surface area contributed by atoms with Crippen molar-refractivity contribution in [3.8, 4) is 11.8 Å². The Morgan fingerprint density at radius 1 is 1.17 bits per heavy atom. The van der Waals surface area contributed by atoms with E-state index in [1.807, 2.05) is 0 Å². The molecule has 3 aliphatic carbocycles. The number of carbonyl (C=O) groups excluding carboxylic acids is 1. The van der Waals surface area contributed by atoms with E-state index in [2.05, 4.69) is 22.1 Å². The summed E-state index contributed by atoms with van der Waals surface area (Å²) in [6.45, 7) is 1.67. The first-order valence-corrected chi connectivity index (χ1v) is 12.2. The van der Waals surface area contributed by atoms with Crippen molar-refractivity contribution in [1.82, 2.24) is 9.55 Å². The summed E-state index contributed by atoms with van der Waals surface area (Å²) in [5.74, 6) is 5.40. The molecular weight excluding hydrogens is 473 g/mol. The number of aryl methyl sites for hydroxylation is 1. The first-order chi connectivity index (χ1) is 16.4. The van der Waals surface area contributed by atoms with Gasteiger partial charge in [-0.2, -0.15) is 0 Å². The van der Waals surface area contributed by atoms with Gasteiger partial charge in [-0.05, 0) is 62.6 Å². The number of aliphatic hydroxyl groups is 3. The molecular formula is C26H29ClFN3O4. The van der Waals surface area contributed by atoms with E-state index < -0.39 is 22.6 Å². The summed E-state index contributed by atoms with van der Waals surface area (Å²) < 4.78 is 15.1.